The molecule has 0 aliphatic carbocycles. The molecule has 0 unspecified atom stereocenters. The Hall–Kier alpha value is -2.77. The van der Waals surface area contributed by atoms with Gasteiger partial charge in [-0.05, 0) is 17.7 Å². The standard InChI is InChI=1S/C18H14ClN3O3S/c19-14-6-3-4-12(8-14)9-15-11-20-18(26-15)21-17(23)10-13-5-1-2-7-16(13)22(24)25/h1-8,11H,9-10H2,(H,20,21,23). The molecule has 0 saturated heterocycles. The third-order valence-corrected chi connectivity index (χ3v) is 4.75. The van der Waals surface area contributed by atoms with Crippen molar-refractivity contribution >= 4 is 39.7 Å². The molecule has 0 atom stereocenters. The fourth-order valence-corrected chi connectivity index (χ4v) is 3.55. The molecule has 0 radical (unpaired) electrons. The summed E-state index contributed by atoms with van der Waals surface area (Å²) in [7, 11) is 0. The van der Waals surface area contributed by atoms with Crippen molar-refractivity contribution in [3.8, 4) is 0 Å². The fourth-order valence-electron chi connectivity index (χ4n) is 2.47. The molecule has 1 amide bonds. The van der Waals surface area contributed by atoms with Gasteiger partial charge >= 0.3 is 0 Å². The Morgan fingerprint density at radius 2 is 2.04 bits per heavy atom. The third kappa shape index (κ3) is 4.65. The molecule has 6 nitrogen and oxygen atoms in total. The number of halogens is 1. The van der Waals surface area contributed by atoms with Crippen LogP contribution in [0.4, 0.5) is 10.8 Å². The number of aromatic nitrogens is 1. The molecule has 3 aromatic rings. The average molecular weight is 388 g/mol. The number of benzene rings is 2. The maximum Gasteiger partial charge on any atom is 0.273 e. The Balaban J connectivity index is 1.64. The van der Waals surface area contributed by atoms with Crippen LogP contribution < -0.4 is 5.32 Å². The first-order valence-electron chi connectivity index (χ1n) is 7.72. The highest BCUT2D eigenvalue weighted by molar-refractivity contribution is 7.15. The van der Waals surface area contributed by atoms with Crippen molar-refractivity contribution in [2.75, 3.05) is 5.32 Å². The molecular weight excluding hydrogens is 374 g/mol. The lowest BCUT2D eigenvalue weighted by atomic mass is 10.1. The molecule has 0 fully saturated rings. The van der Waals surface area contributed by atoms with Crippen LogP contribution in [-0.4, -0.2) is 15.8 Å². The molecule has 2 aromatic carbocycles. The Morgan fingerprint density at radius 3 is 2.81 bits per heavy atom. The molecule has 0 aliphatic rings. The van der Waals surface area contributed by atoms with Gasteiger partial charge in [0.15, 0.2) is 5.13 Å². The second-order valence-electron chi connectivity index (χ2n) is 5.55. The first-order valence-corrected chi connectivity index (χ1v) is 8.92. The highest BCUT2D eigenvalue weighted by atomic mass is 35.5. The maximum absolute atomic E-state index is 12.2. The number of carbonyl (C=O) groups excluding carboxylic acids is 1. The minimum Gasteiger partial charge on any atom is -0.302 e. The maximum atomic E-state index is 12.2. The van der Waals surface area contributed by atoms with Crippen molar-refractivity contribution in [2.45, 2.75) is 12.8 Å². The lowest BCUT2D eigenvalue weighted by molar-refractivity contribution is -0.385. The van der Waals surface area contributed by atoms with Crippen LogP contribution in [0.2, 0.25) is 5.02 Å². The molecule has 1 aromatic heterocycles. The summed E-state index contributed by atoms with van der Waals surface area (Å²) < 4.78 is 0. The van der Waals surface area contributed by atoms with Gasteiger partial charge in [-0.25, -0.2) is 4.98 Å². The summed E-state index contributed by atoms with van der Waals surface area (Å²) >= 11 is 7.34. The Morgan fingerprint density at radius 1 is 1.23 bits per heavy atom. The van der Waals surface area contributed by atoms with Crippen molar-refractivity contribution in [3.05, 3.63) is 85.9 Å². The van der Waals surface area contributed by atoms with Crippen LogP contribution in [0.15, 0.2) is 54.7 Å². The van der Waals surface area contributed by atoms with Crippen LogP contribution in [0.1, 0.15) is 16.0 Å². The molecule has 0 aliphatic heterocycles. The first kappa shape index (κ1) is 18.0. The van der Waals surface area contributed by atoms with Crippen LogP contribution in [0, 0.1) is 10.1 Å². The van der Waals surface area contributed by atoms with E-state index in [1.54, 1.807) is 24.4 Å². The van der Waals surface area contributed by atoms with E-state index < -0.39 is 4.92 Å². The zero-order chi connectivity index (χ0) is 18.5. The van der Waals surface area contributed by atoms with Gasteiger partial charge in [-0.1, -0.05) is 41.9 Å². The number of hydrogen-bond acceptors (Lipinski definition) is 5. The van der Waals surface area contributed by atoms with E-state index in [2.05, 4.69) is 10.3 Å². The number of rotatable bonds is 6. The number of para-hydroxylation sites is 1. The second kappa shape index (κ2) is 8.07. The number of nitrogens with zero attached hydrogens (tertiary/aromatic N) is 2. The molecule has 26 heavy (non-hydrogen) atoms. The van der Waals surface area contributed by atoms with Gasteiger partial charge in [0.05, 0.1) is 11.3 Å². The van der Waals surface area contributed by atoms with Gasteiger partial charge in [0.1, 0.15) is 0 Å². The Kier molecular flexibility index (Phi) is 5.60. The normalized spacial score (nSPS) is 10.5. The largest absolute Gasteiger partial charge is 0.302 e. The summed E-state index contributed by atoms with van der Waals surface area (Å²) in [5.41, 5.74) is 1.35. The number of nitro benzene ring substituents is 1. The van der Waals surface area contributed by atoms with E-state index in [1.165, 1.54) is 17.4 Å². The molecule has 0 spiro atoms. The lowest BCUT2D eigenvalue weighted by Gasteiger charge is -2.03. The van der Waals surface area contributed by atoms with E-state index in [1.807, 2.05) is 24.3 Å². The van der Waals surface area contributed by atoms with Gasteiger partial charge in [-0.3, -0.25) is 14.9 Å². The average Bonchev–Trinajstić information content (AvgIpc) is 3.01. The van der Waals surface area contributed by atoms with E-state index in [4.69, 9.17) is 11.6 Å². The van der Waals surface area contributed by atoms with E-state index in [-0.39, 0.29) is 18.0 Å². The van der Waals surface area contributed by atoms with Crippen molar-refractivity contribution in [2.24, 2.45) is 0 Å². The van der Waals surface area contributed by atoms with Gasteiger partial charge in [0.25, 0.3) is 5.69 Å². The van der Waals surface area contributed by atoms with Crippen LogP contribution >= 0.6 is 22.9 Å². The molecular formula is C18H14ClN3O3S. The monoisotopic (exact) mass is 387 g/mol. The van der Waals surface area contributed by atoms with Gasteiger partial charge in [-0.15, -0.1) is 11.3 Å². The summed E-state index contributed by atoms with van der Waals surface area (Å²) in [6, 6.07) is 13.7. The first-order chi connectivity index (χ1) is 12.5. The topological polar surface area (TPSA) is 85.1 Å². The summed E-state index contributed by atoms with van der Waals surface area (Å²) in [5, 5.41) is 14.8. The summed E-state index contributed by atoms with van der Waals surface area (Å²) in [5.74, 6) is -0.344. The van der Waals surface area contributed by atoms with E-state index in [0.29, 0.717) is 22.1 Å². The van der Waals surface area contributed by atoms with Crippen molar-refractivity contribution in [1.29, 1.82) is 0 Å². The molecule has 132 valence electrons. The highest BCUT2D eigenvalue weighted by Gasteiger charge is 2.16. The van der Waals surface area contributed by atoms with Crippen LogP contribution in [0.3, 0.4) is 0 Å². The Bertz CT molecular complexity index is 958. The third-order valence-electron chi connectivity index (χ3n) is 3.61. The summed E-state index contributed by atoms with van der Waals surface area (Å²) in [6.07, 6.45) is 2.28. The summed E-state index contributed by atoms with van der Waals surface area (Å²) in [4.78, 5) is 27.9. The number of anilines is 1. The van der Waals surface area contributed by atoms with E-state index >= 15 is 0 Å². The minimum atomic E-state index is -0.491. The van der Waals surface area contributed by atoms with Crippen LogP contribution in [0.25, 0.3) is 0 Å². The predicted octanol–water partition coefficient (Wildman–Crippen LogP) is 4.48. The predicted molar refractivity (Wildman–Crippen MR) is 102 cm³/mol. The van der Waals surface area contributed by atoms with Crippen LogP contribution in [-0.2, 0) is 17.6 Å². The molecule has 1 heterocycles. The zero-order valence-electron chi connectivity index (χ0n) is 13.5. The molecule has 8 heteroatoms. The van der Waals surface area contributed by atoms with Crippen molar-refractivity contribution < 1.29 is 9.72 Å². The van der Waals surface area contributed by atoms with E-state index in [9.17, 15) is 14.9 Å². The minimum absolute atomic E-state index is 0.0663. The Labute approximate surface area is 158 Å². The molecule has 3 rings (SSSR count). The quantitative estimate of drug-likeness (QED) is 0.499. The van der Waals surface area contributed by atoms with Gasteiger partial charge in [0.2, 0.25) is 5.91 Å². The van der Waals surface area contributed by atoms with Gasteiger partial charge < -0.3 is 5.32 Å². The number of nitrogens with one attached hydrogen (secondary N) is 1. The second-order valence-corrected chi connectivity index (χ2v) is 7.10. The van der Waals surface area contributed by atoms with Crippen LogP contribution in [0.5, 0.6) is 0 Å². The van der Waals surface area contributed by atoms with Crippen molar-refractivity contribution in [3.63, 3.8) is 0 Å². The number of hydrogen-bond donors (Lipinski definition) is 1. The highest BCUT2D eigenvalue weighted by Crippen LogP contribution is 2.23. The fraction of sp³-hybridized carbons (Fsp3) is 0.111. The summed E-state index contributed by atoms with van der Waals surface area (Å²) in [6.45, 7) is 0. The van der Waals surface area contributed by atoms with E-state index in [0.717, 1.165) is 10.4 Å². The van der Waals surface area contributed by atoms with Gasteiger partial charge in [0, 0.05) is 34.1 Å². The van der Waals surface area contributed by atoms with Crippen molar-refractivity contribution in [1.82, 2.24) is 4.98 Å². The number of nitro groups is 1. The number of amides is 1. The molecule has 0 saturated carbocycles. The zero-order valence-corrected chi connectivity index (χ0v) is 15.1. The lowest BCUT2D eigenvalue weighted by Crippen LogP contribution is -2.15. The smallest absolute Gasteiger partial charge is 0.273 e. The SMILES string of the molecule is O=C(Cc1ccccc1[N+](=O)[O-])Nc1ncc(Cc2cccc(Cl)c2)s1. The number of thiazole rings is 1. The van der Waals surface area contributed by atoms with Gasteiger partial charge in [-0.2, -0.15) is 0 Å². The molecule has 0 bridgehead atoms. The number of carbonyl (C=O) groups is 1. The molecule has 1 N–H and O–H groups in total.